The molecular formula is C25H23NO4. The van der Waals surface area contributed by atoms with Gasteiger partial charge in [-0.25, -0.2) is 4.79 Å². The minimum absolute atomic E-state index is 0.344. The quantitative estimate of drug-likeness (QED) is 0.436. The van der Waals surface area contributed by atoms with Crippen LogP contribution < -0.4 is 10.1 Å². The SMILES string of the molecule is Cc1cccc(NC(=O)COC(=O)/C=C/c2ccc(OCc3ccccc3)cc2)c1. The molecule has 0 atom stereocenters. The fourth-order valence-corrected chi connectivity index (χ4v) is 2.69. The van der Waals surface area contributed by atoms with Crippen LogP contribution in [0.5, 0.6) is 5.75 Å². The van der Waals surface area contributed by atoms with Gasteiger partial charge in [0.15, 0.2) is 6.61 Å². The second-order valence-electron chi connectivity index (χ2n) is 6.70. The van der Waals surface area contributed by atoms with E-state index in [1.54, 1.807) is 12.1 Å². The molecule has 0 spiro atoms. The molecule has 3 aromatic carbocycles. The van der Waals surface area contributed by atoms with Gasteiger partial charge in [-0.3, -0.25) is 4.79 Å². The zero-order valence-electron chi connectivity index (χ0n) is 16.7. The van der Waals surface area contributed by atoms with Crippen LogP contribution in [0.25, 0.3) is 6.08 Å². The highest BCUT2D eigenvalue weighted by molar-refractivity contribution is 5.94. The van der Waals surface area contributed by atoms with E-state index in [4.69, 9.17) is 9.47 Å². The molecule has 152 valence electrons. The van der Waals surface area contributed by atoms with Crippen LogP contribution >= 0.6 is 0 Å². The minimum Gasteiger partial charge on any atom is -0.489 e. The van der Waals surface area contributed by atoms with Crippen molar-refractivity contribution >= 4 is 23.6 Å². The maximum Gasteiger partial charge on any atom is 0.331 e. The monoisotopic (exact) mass is 401 g/mol. The fraction of sp³-hybridized carbons (Fsp3) is 0.120. The van der Waals surface area contributed by atoms with E-state index in [0.717, 1.165) is 22.4 Å². The molecule has 1 N–H and O–H groups in total. The van der Waals surface area contributed by atoms with Gasteiger partial charge in [-0.05, 0) is 54.0 Å². The van der Waals surface area contributed by atoms with Gasteiger partial charge in [0.2, 0.25) is 0 Å². The third kappa shape index (κ3) is 6.95. The number of anilines is 1. The highest BCUT2D eigenvalue weighted by Crippen LogP contribution is 2.15. The molecule has 0 aliphatic heterocycles. The van der Waals surface area contributed by atoms with Gasteiger partial charge >= 0.3 is 5.97 Å². The van der Waals surface area contributed by atoms with E-state index in [2.05, 4.69) is 5.32 Å². The molecule has 0 unspecified atom stereocenters. The van der Waals surface area contributed by atoms with E-state index in [0.29, 0.717) is 12.3 Å². The summed E-state index contributed by atoms with van der Waals surface area (Å²) in [5.41, 5.74) is 3.62. The summed E-state index contributed by atoms with van der Waals surface area (Å²) in [7, 11) is 0. The number of carbonyl (C=O) groups is 2. The summed E-state index contributed by atoms with van der Waals surface area (Å²) in [6.45, 7) is 2.08. The first-order chi connectivity index (χ1) is 14.6. The zero-order chi connectivity index (χ0) is 21.2. The number of amides is 1. The normalized spacial score (nSPS) is 10.6. The van der Waals surface area contributed by atoms with Crippen LogP contribution in [0.15, 0.2) is 84.9 Å². The summed E-state index contributed by atoms with van der Waals surface area (Å²) in [6.07, 6.45) is 2.92. The maximum absolute atomic E-state index is 11.9. The highest BCUT2D eigenvalue weighted by atomic mass is 16.5. The lowest BCUT2D eigenvalue weighted by atomic mass is 10.2. The van der Waals surface area contributed by atoms with Crippen molar-refractivity contribution in [3.8, 4) is 5.75 Å². The number of rotatable bonds is 8. The van der Waals surface area contributed by atoms with Crippen molar-refractivity contribution < 1.29 is 19.1 Å². The van der Waals surface area contributed by atoms with Crippen molar-refractivity contribution in [1.29, 1.82) is 0 Å². The van der Waals surface area contributed by atoms with Gasteiger partial charge in [0.05, 0.1) is 0 Å². The summed E-state index contributed by atoms with van der Waals surface area (Å²) in [6, 6.07) is 24.7. The number of hydrogen-bond acceptors (Lipinski definition) is 4. The van der Waals surface area contributed by atoms with Gasteiger partial charge < -0.3 is 14.8 Å². The highest BCUT2D eigenvalue weighted by Gasteiger charge is 2.06. The van der Waals surface area contributed by atoms with E-state index >= 15 is 0 Å². The van der Waals surface area contributed by atoms with Crippen LogP contribution in [0.3, 0.4) is 0 Å². The van der Waals surface area contributed by atoms with Crippen LogP contribution in [0.2, 0.25) is 0 Å². The molecule has 0 radical (unpaired) electrons. The van der Waals surface area contributed by atoms with Crippen molar-refractivity contribution in [2.75, 3.05) is 11.9 Å². The van der Waals surface area contributed by atoms with Gasteiger partial charge in [-0.15, -0.1) is 0 Å². The smallest absolute Gasteiger partial charge is 0.331 e. The summed E-state index contributed by atoms with van der Waals surface area (Å²) < 4.78 is 10.7. The summed E-state index contributed by atoms with van der Waals surface area (Å²) in [5.74, 6) is -0.229. The molecule has 0 aliphatic carbocycles. The Morgan fingerprint density at radius 3 is 2.43 bits per heavy atom. The number of aryl methyl sites for hydroxylation is 1. The van der Waals surface area contributed by atoms with Gasteiger partial charge in [-0.2, -0.15) is 0 Å². The Balaban J connectivity index is 1.42. The molecule has 30 heavy (non-hydrogen) atoms. The Bertz CT molecular complexity index is 1010. The number of carbonyl (C=O) groups excluding carboxylic acids is 2. The average molecular weight is 401 g/mol. The van der Waals surface area contributed by atoms with Crippen molar-refractivity contribution in [3.05, 3.63) is 102 Å². The molecule has 3 aromatic rings. The predicted molar refractivity (Wildman–Crippen MR) is 117 cm³/mol. The minimum atomic E-state index is -0.584. The number of benzene rings is 3. The molecule has 3 rings (SSSR count). The van der Waals surface area contributed by atoms with E-state index in [1.165, 1.54) is 6.08 Å². The molecule has 0 saturated heterocycles. The van der Waals surface area contributed by atoms with Crippen LogP contribution in [0.1, 0.15) is 16.7 Å². The summed E-state index contributed by atoms with van der Waals surface area (Å²) in [4.78, 5) is 23.7. The summed E-state index contributed by atoms with van der Waals surface area (Å²) in [5, 5.41) is 2.69. The Hall–Kier alpha value is -3.86. The lowest BCUT2D eigenvalue weighted by Gasteiger charge is -2.06. The maximum atomic E-state index is 11.9. The number of esters is 1. The van der Waals surface area contributed by atoms with E-state index in [1.807, 2.05) is 79.7 Å². The van der Waals surface area contributed by atoms with Gasteiger partial charge in [0.25, 0.3) is 5.91 Å². The Kier molecular flexibility index (Phi) is 7.39. The van der Waals surface area contributed by atoms with Crippen molar-refractivity contribution in [3.63, 3.8) is 0 Å². The standard InChI is InChI=1S/C25H23NO4/c1-19-6-5-9-22(16-19)26-24(27)18-30-25(28)15-12-20-10-13-23(14-11-20)29-17-21-7-3-2-4-8-21/h2-16H,17-18H2,1H3,(H,26,27)/b15-12+. The number of ether oxygens (including phenoxy) is 2. The third-order valence-corrected chi connectivity index (χ3v) is 4.19. The lowest BCUT2D eigenvalue weighted by Crippen LogP contribution is -2.20. The van der Waals surface area contributed by atoms with E-state index in [9.17, 15) is 9.59 Å². The largest absolute Gasteiger partial charge is 0.489 e. The van der Waals surface area contributed by atoms with Crippen LogP contribution in [0, 0.1) is 6.92 Å². The topological polar surface area (TPSA) is 64.6 Å². The number of hydrogen-bond donors (Lipinski definition) is 1. The van der Waals surface area contributed by atoms with Gasteiger partial charge in [0.1, 0.15) is 12.4 Å². The van der Waals surface area contributed by atoms with Crippen molar-refractivity contribution in [2.45, 2.75) is 13.5 Å². The first-order valence-electron chi connectivity index (χ1n) is 9.57. The average Bonchev–Trinajstić information content (AvgIpc) is 2.76. The second kappa shape index (κ2) is 10.6. The van der Waals surface area contributed by atoms with E-state index < -0.39 is 5.97 Å². The molecule has 0 saturated carbocycles. The Morgan fingerprint density at radius 2 is 1.70 bits per heavy atom. The molecular weight excluding hydrogens is 378 g/mol. The predicted octanol–water partition coefficient (Wildman–Crippen LogP) is 4.77. The molecule has 0 fully saturated rings. The third-order valence-electron chi connectivity index (χ3n) is 4.19. The molecule has 5 heteroatoms. The van der Waals surface area contributed by atoms with Crippen LogP contribution in [-0.4, -0.2) is 18.5 Å². The van der Waals surface area contributed by atoms with Gasteiger partial charge in [-0.1, -0.05) is 54.6 Å². The first-order valence-corrected chi connectivity index (χ1v) is 9.57. The van der Waals surface area contributed by atoms with Gasteiger partial charge in [0, 0.05) is 11.8 Å². The summed E-state index contributed by atoms with van der Waals surface area (Å²) >= 11 is 0. The fourth-order valence-electron chi connectivity index (χ4n) is 2.69. The molecule has 0 aromatic heterocycles. The second-order valence-corrected chi connectivity index (χ2v) is 6.70. The molecule has 1 amide bonds. The van der Waals surface area contributed by atoms with E-state index in [-0.39, 0.29) is 12.5 Å². The molecule has 0 aliphatic rings. The van der Waals surface area contributed by atoms with Crippen molar-refractivity contribution in [2.24, 2.45) is 0 Å². The Morgan fingerprint density at radius 1 is 0.933 bits per heavy atom. The first kappa shape index (κ1) is 20.9. The molecule has 0 heterocycles. The van der Waals surface area contributed by atoms with Crippen LogP contribution in [0.4, 0.5) is 5.69 Å². The zero-order valence-corrected chi connectivity index (χ0v) is 16.7. The lowest BCUT2D eigenvalue weighted by molar-refractivity contribution is -0.142. The molecule has 0 bridgehead atoms. The molecule has 5 nitrogen and oxygen atoms in total. The Labute approximate surface area is 176 Å². The van der Waals surface area contributed by atoms with Crippen molar-refractivity contribution in [1.82, 2.24) is 0 Å². The number of nitrogens with one attached hydrogen (secondary N) is 1. The van der Waals surface area contributed by atoms with Crippen LogP contribution in [-0.2, 0) is 20.9 Å².